The Balaban J connectivity index is 2.89. The van der Waals surface area contributed by atoms with E-state index < -0.39 is 0 Å². The Morgan fingerprint density at radius 3 is 2.68 bits per heavy atom. The molecule has 1 aromatic heterocycles. The predicted octanol–water partition coefficient (Wildman–Crippen LogP) is 3.01. The van der Waals surface area contributed by atoms with Gasteiger partial charge in [-0.3, -0.25) is 9.78 Å². The molecule has 4 nitrogen and oxygen atoms in total. The van der Waals surface area contributed by atoms with Crippen LogP contribution >= 0.6 is 0 Å². The van der Waals surface area contributed by atoms with Crippen LogP contribution in [0.1, 0.15) is 56.1 Å². The monoisotopic (exact) mass is 263 g/mol. The van der Waals surface area contributed by atoms with E-state index in [1.807, 2.05) is 25.7 Å². The maximum absolute atomic E-state index is 12.6. The molecule has 0 radical (unpaired) electrons. The highest BCUT2D eigenvalue weighted by atomic mass is 16.2. The van der Waals surface area contributed by atoms with E-state index in [0.29, 0.717) is 11.3 Å². The third-order valence-corrected chi connectivity index (χ3v) is 3.23. The van der Waals surface area contributed by atoms with Crippen LogP contribution in [0.3, 0.4) is 0 Å². The Bertz CT molecular complexity index is 429. The van der Waals surface area contributed by atoms with Crippen LogP contribution in [-0.2, 0) is 0 Å². The lowest BCUT2D eigenvalue weighted by Crippen LogP contribution is -2.38. The van der Waals surface area contributed by atoms with Gasteiger partial charge in [-0.1, -0.05) is 19.8 Å². The minimum Gasteiger partial charge on any atom is -0.397 e. The lowest BCUT2D eigenvalue weighted by molar-refractivity contribution is 0.0701. The largest absolute Gasteiger partial charge is 0.397 e. The minimum atomic E-state index is 0.0309. The molecule has 0 aliphatic heterocycles. The normalized spacial score (nSPS) is 10.8. The number of aryl methyl sites for hydroxylation is 1. The van der Waals surface area contributed by atoms with Gasteiger partial charge in [-0.05, 0) is 33.3 Å². The van der Waals surface area contributed by atoms with Gasteiger partial charge in [0.25, 0.3) is 5.91 Å². The van der Waals surface area contributed by atoms with E-state index in [4.69, 9.17) is 5.73 Å². The maximum Gasteiger partial charge on any atom is 0.256 e. The van der Waals surface area contributed by atoms with Crippen LogP contribution in [0, 0.1) is 6.92 Å². The van der Waals surface area contributed by atoms with Crippen molar-refractivity contribution in [2.75, 3.05) is 12.3 Å². The second-order valence-electron chi connectivity index (χ2n) is 5.20. The summed E-state index contributed by atoms with van der Waals surface area (Å²) in [4.78, 5) is 18.7. The second kappa shape index (κ2) is 7.12. The average molecular weight is 263 g/mol. The van der Waals surface area contributed by atoms with E-state index in [-0.39, 0.29) is 11.9 Å². The molecular formula is C15H25N3O. The summed E-state index contributed by atoms with van der Waals surface area (Å²) in [5.41, 5.74) is 7.62. The summed E-state index contributed by atoms with van der Waals surface area (Å²) in [5.74, 6) is 0.0309. The predicted molar refractivity (Wildman–Crippen MR) is 79.1 cm³/mol. The van der Waals surface area contributed by atoms with Crippen molar-refractivity contribution in [3.63, 3.8) is 0 Å². The fourth-order valence-corrected chi connectivity index (χ4v) is 2.05. The first-order valence-corrected chi connectivity index (χ1v) is 7.00. The summed E-state index contributed by atoms with van der Waals surface area (Å²) < 4.78 is 0. The molecule has 1 amide bonds. The van der Waals surface area contributed by atoms with Crippen molar-refractivity contribution >= 4 is 11.6 Å². The number of amides is 1. The Morgan fingerprint density at radius 1 is 1.42 bits per heavy atom. The van der Waals surface area contributed by atoms with Gasteiger partial charge in [0.05, 0.1) is 23.1 Å². The number of carbonyl (C=O) groups is 1. The number of nitrogen functional groups attached to an aromatic ring is 1. The third kappa shape index (κ3) is 4.23. The molecule has 2 N–H and O–H groups in total. The number of nitrogens with zero attached hydrogens (tertiary/aromatic N) is 2. The molecule has 19 heavy (non-hydrogen) atoms. The number of pyridine rings is 1. The highest BCUT2D eigenvalue weighted by Crippen LogP contribution is 2.15. The third-order valence-electron chi connectivity index (χ3n) is 3.23. The van der Waals surface area contributed by atoms with Crippen LogP contribution < -0.4 is 5.73 Å². The molecule has 106 valence electrons. The molecule has 0 aliphatic carbocycles. The van der Waals surface area contributed by atoms with Crippen molar-refractivity contribution in [1.29, 1.82) is 0 Å². The molecule has 4 heteroatoms. The van der Waals surface area contributed by atoms with E-state index in [2.05, 4.69) is 11.9 Å². The van der Waals surface area contributed by atoms with Crippen LogP contribution in [0.15, 0.2) is 12.3 Å². The molecular weight excluding hydrogens is 238 g/mol. The molecule has 0 atom stereocenters. The first-order chi connectivity index (χ1) is 8.97. The van der Waals surface area contributed by atoms with Crippen molar-refractivity contribution < 1.29 is 4.79 Å². The summed E-state index contributed by atoms with van der Waals surface area (Å²) in [6, 6.07) is 1.91. The SMILES string of the molecule is CCCCCN(C(=O)c1cc(N)cnc1C)C(C)C. The van der Waals surface area contributed by atoms with Crippen LogP contribution in [-0.4, -0.2) is 28.4 Å². The number of anilines is 1. The van der Waals surface area contributed by atoms with Gasteiger partial charge in [0, 0.05) is 12.6 Å². The molecule has 1 aromatic rings. The highest BCUT2D eigenvalue weighted by Gasteiger charge is 2.20. The Kier molecular flexibility index (Phi) is 5.80. The number of nitrogens with two attached hydrogens (primary N) is 1. The van der Waals surface area contributed by atoms with Crippen molar-refractivity contribution in [2.24, 2.45) is 0 Å². The smallest absolute Gasteiger partial charge is 0.256 e. The Labute approximate surface area is 116 Å². The van der Waals surface area contributed by atoms with E-state index >= 15 is 0 Å². The summed E-state index contributed by atoms with van der Waals surface area (Å²) in [7, 11) is 0. The molecule has 0 saturated heterocycles. The summed E-state index contributed by atoms with van der Waals surface area (Å²) >= 11 is 0. The van der Waals surface area contributed by atoms with Crippen molar-refractivity contribution in [3.05, 3.63) is 23.5 Å². The Morgan fingerprint density at radius 2 is 2.11 bits per heavy atom. The van der Waals surface area contributed by atoms with Gasteiger partial charge in [0.15, 0.2) is 0 Å². The summed E-state index contributed by atoms with van der Waals surface area (Å²) in [6.07, 6.45) is 4.92. The molecule has 0 bridgehead atoms. The van der Waals surface area contributed by atoms with Crippen molar-refractivity contribution in [2.45, 2.75) is 53.0 Å². The maximum atomic E-state index is 12.6. The topological polar surface area (TPSA) is 59.2 Å². The van der Waals surface area contributed by atoms with Gasteiger partial charge >= 0.3 is 0 Å². The number of carbonyl (C=O) groups excluding carboxylic acids is 1. The van der Waals surface area contributed by atoms with E-state index in [1.54, 1.807) is 12.3 Å². The number of rotatable bonds is 6. The van der Waals surface area contributed by atoms with Crippen molar-refractivity contribution in [1.82, 2.24) is 9.88 Å². The fourth-order valence-electron chi connectivity index (χ4n) is 2.05. The van der Waals surface area contributed by atoms with Crippen LogP contribution in [0.5, 0.6) is 0 Å². The van der Waals surface area contributed by atoms with Gasteiger partial charge in [0.1, 0.15) is 0 Å². The van der Waals surface area contributed by atoms with Crippen LogP contribution in [0.4, 0.5) is 5.69 Å². The minimum absolute atomic E-state index is 0.0309. The number of hydrogen-bond donors (Lipinski definition) is 1. The number of aromatic nitrogens is 1. The zero-order valence-corrected chi connectivity index (χ0v) is 12.4. The van der Waals surface area contributed by atoms with Gasteiger partial charge in [-0.15, -0.1) is 0 Å². The van der Waals surface area contributed by atoms with E-state index in [0.717, 1.165) is 31.5 Å². The van der Waals surface area contributed by atoms with Gasteiger partial charge in [-0.25, -0.2) is 0 Å². The molecule has 1 rings (SSSR count). The second-order valence-corrected chi connectivity index (χ2v) is 5.20. The van der Waals surface area contributed by atoms with Gasteiger partial charge in [0.2, 0.25) is 0 Å². The first-order valence-electron chi connectivity index (χ1n) is 7.00. The zero-order valence-electron chi connectivity index (χ0n) is 12.4. The molecule has 0 aromatic carbocycles. The molecule has 1 heterocycles. The lowest BCUT2D eigenvalue weighted by Gasteiger charge is -2.27. The standard InChI is InChI=1S/C15H25N3O/c1-5-6-7-8-18(11(2)3)15(19)14-9-13(16)10-17-12(14)4/h9-11H,5-8,16H2,1-4H3. The first kappa shape index (κ1) is 15.5. The number of hydrogen-bond acceptors (Lipinski definition) is 3. The quantitative estimate of drug-likeness (QED) is 0.803. The molecule has 0 fully saturated rings. The van der Waals surface area contributed by atoms with Crippen LogP contribution in [0.25, 0.3) is 0 Å². The Hall–Kier alpha value is -1.58. The fraction of sp³-hybridized carbons (Fsp3) is 0.600. The van der Waals surface area contributed by atoms with Gasteiger partial charge in [-0.2, -0.15) is 0 Å². The highest BCUT2D eigenvalue weighted by molar-refractivity contribution is 5.96. The van der Waals surface area contributed by atoms with Gasteiger partial charge < -0.3 is 10.6 Å². The summed E-state index contributed by atoms with van der Waals surface area (Å²) in [6.45, 7) is 8.88. The molecule has 0 aliphatic rings. The summed E-state index contributed by atoms with van der Waals surface area (Å²) in [5, 5.41) is 0. The van der Waals surface area contributed by atoms with E-state index in [9.17, 15) is 4.79 Å². The molecule has 0 spiro atoms. The molecule has 0 unspecified atom stereocenters. The average Bonchev–Trinajstić information content (AvgIpc) is 2.36. The molecule has 0 saturated carbocycles. The zero-order chi connectivity index (χ0) is 14.4. The van der Waals surface area contributed by atoms with Crippen molar-refractivity contribution in [3.8, 4) is 0 Å². The lowest BCUT2D eigenvalue weighted by atomic mass is 10.1. The number of unbranched alkanes of at least 4 members (excludes halogenated alkanes) is 2. The van der Waals surface area contributed by atoms with E-state index in [1.165, 1.54) is 0 Å². The van der Waals surface area contributed by atoms with Crippen LogP contribution in [0.2, 0.25) is 0 Å².